The van der Waals surface area contributed by atoms with E-state index in [4.69, 9.17) is 5.10 Å². The van der Waals surface area contributed by atoms with Crippen molar-refractivity contribution in [2.24, 2.45) is 0 Å². The van der Waals surface area contributed by atoms with E-state index in [-0.39, 0.29) is 11.7 Å². The number of pyridine rings is 1. The summed E-state index contributed by atoms with van der Waals surface area (Å²) in [6.45, 7) is 1.85. The molecule has 1 aliphatic rings. The fraction of sp³-hybridized carbons (Fsp3) is 0.435. The Morgan fingerprint density at radius 2 is 1.94 bits per heavy atom. The number of halogens is 3. The van der Waals surface area contributed by atoms with Gasteiger partial charge < -0.3 is 15.3 Å². The van der Waals surface area contributed by atoms with Gasteiger partial charge in [-0.25, -0.2) is 4.98 Å². The van der Waals surface area contributed by atoms with Crippen molar-refractivity contribution in [2.45, 2.75) is 50.4 Å². The Labute approximate surface area is 189 Å². The van der Waals surface area contributed by atoms with Gasteiger partial charge in [0.05, 0.1) is 28.5 Å². The molecule has 0 radical (unpaired) electrons. The molecule has 10 heteroatoms. The molecule has 0 saturated heterocycles. The molecule has 1 aromatic carbocycles. The summed E-state index contributed by atoms with van der Waals surface area (Å²) in [5.41, 5.74) is -0.227. The van der Waals surface area contributed by atoms with Crippen molar-refractivity contribution in [1.29, 1.82) is 0 Å². The van der Waals surface area contributed by atoms with Gasteiger partial charge in [-0.05, 0) is 56.9 Å². The van der Waals surface area contributed by atoms with Crippen LogP contribution in [0.1, 0.15) is 54.8 Å². The van der Waals surface area contributed by atoms with E-state index in [1.807, 2.05) is 23.9 Å². The molecule has 4 rings (SSSR count). The van der Waals surface area contributed by atoms with Crippen LogP contribution in [0.5, 0.6) is 0 Å². The highest BCUT2D eigenvalue weighted by molar-refractivity contribution is 6.06. The monoisotopic (exact) mass is 461 g/mol. The summed E-state index contributed by atoms with van der Waals surface area (Å²) in [6.07, 6.45) is 0.283. The molecule has 33 heavy (non-hydrogen) atoms. The summed E-state index contributed by atoms with van der Waals surface area (Å²) in [7, 11) is 3.61. The highest BCUT2D eigenvalue weighted by Gasteiger charge is 2.33. The molecule has 0 bridgehead atoms. The van der Waals surface area contributed by atoms with Crippen LogP contribution < -0.4 is 10.2 Å². The minimum absolute atomic E-state index is 0.174. The number of nitrogens with zero attached hydrogens (tertiary/aromatic N) is 4. The van der Waals surface area contributed by atoms with Crippen molar-refractivity contribution in [3.8, 4) is 0 Å². The second-order valence-corrected chi connectivity index (χ2v) is 9.02. The van der Waals surface area contributed by atoms with Gasteiger partial charge in [-0.15, -0.1) is 0 Å². The zero-order chi connectivity index (χ0) is 24.0. The van der Waals surface area contributed by atoms with Gasteiger partial charge in [0.2, 0.25) is 0 Å². The smallest absolute Gasteiger partial charge is 0.390 e. The molecule has 1 amide bonds. The fourth-order valence-corrected chi connectivity index (χ4v) is 4.13. The van der Waals surface area contributed by atoms with E-state index in [0.29, 0.717) is 24.2 Å². The third kappa shape index (κ3) is 4.95. The topological polar surface area (TPSA) is 83.3 Å². The molecule has 0 unspecified atom stereocenters. The number of aromatic nitrogens is 3. The third-order valence-corrected chi connectivity index (χ3v) is 6.05. The summed E-state index contributed by atoms with van der Waals surface area (Å²) in [6, 6.07) is 7.00. The van der Waals surface area contributed by atoms with Crippen molar-refractivity contribution < 1.29 is 23.1 Å². The van der Waals surface area contributed by atoms with Crippen molar-refractivity contribution in [3.63, 3.8) is 0 Å². The molecular weight excluding hydrogens is 435 g/mol. The number of hydrogen-bond donors (Lipinski definition) is 2. The molecule has 1 fully saturated rings. The van der Waals surface area contributed by atoms with E-state index in [1.54, 1.807) is 25.1 Å². The second-order valence-electron chi connectivity index (χ2n) is 9.02. The zero-order valence-electron chi connectivity index (χ0n) is 18.6. The van der Waals surface area contributed by atoms with Crippen LogP contribution in [0.25, 0.3) is 10.9 Å². The number of nitrogens with one attached hydrogen (secondary N) is 1. The number of benzene rings is 1. The summed E-state index contributed by atoms with van der Waals surface area (Å²) < 4.78 is 40.8. The van der Waals surface area contributed by atoms with Crippen molar-refractivity contribution in [2.75, 3.05) is 24.3 Å². The molecule has 1 saturated carbocycles. The average molecular weight is 461 g/mol. The van der Waals surface area contributed by atoms with Gasteiger partial charge in [-0.1, -0.05) is 6.07 Å². The van der Waals surface area contributed by atoms with Gasteiger partial charge in [0, 0.05) is 25.7 Å². The molecule has 2 heterocycles. The molecule has 0 aliphatic heterocycles. The average Bonchev–Trinajstić information content (AvgIpc) is 3.15. The molecule has 3 aromatic rings. The molecule has 7 nitrogen and oxygen atoms in total. The van der Waals surface area contributed by atoms with Gasteiger partial charge >= 0.3 is 6.18 Å². The first-order valence-corrected chi connectivity index (χ1v) is 10.7. The first-order chi connectivity index (χ1) is 15.4. The van der Waals surface area contributed by atoms with Crippen LogP contribution in [0.15, 0.2) is 36.5 Å². The number of fused-ring (bicyclic) bond motifs is 1. The van der Waals surface area contributed by atoms with E-state index >= 15 is 0 Å². The van der Waals surface area contributed by atoms with Gasteiger partial charge in [-0.3, -0.25) is 9.48 Å². The highest BCUT2D eigenvalue weighted by atomic mass is 19.4. The Bertz CT molecular complexity index is 1180. The zero-order valence-corrected chi connectivity index (χ0v) is 18.6. The van der Waals surface area contributed by atoms with E-state index in [9.17, 15) is 23.1 Å². The van der Waals surface area contributed by atoms with Crippen LogP contribution >= 0.6 is 0 Å². The molecule has 0 atom stereocenters. The van der Waals surface area contributed by atoms with Crippen molar-refractivity contribution >= 4 is 28.2 Å². The maximum atomic E-state index is 13.0. The maximum Gasteiger partial charge on any atom is 0.433 e. The first-order valence-electron chi connectivity index (χ1n) is 10.7. The Balaban J connectivity index is 1.63. The molecule has 1 aliphatic carbocycles. The predicted molar refractivity (Wildman–Crippen MR) is 119 cm³/mol. The number of carbonyl (C=O) groups is 1. The maximum absolute atomic E-state index is 13.0. The number of aliphatic hydroxyl groups is 1. The number of amides is 1. The van der Waals surface area contributed by atoms with Gasteiger partial charge in [0.1, 0.15) is 11.4 Å². The molecular formula is C23H26F3N5O2. The second kappa shape index (κ2) is 8.33. The third-order valence-electron chi connectivity index (χ3n) is 6.05. The van der Waals surface area contributed by atoms with Crippen LogP contribution in [0, 0.1) is 0 Å². The number of carbonyl (C=O) groups excluding carboxylic acids is 1. The van der Waals surface area contributed by atoms with Gasteiger partial charge in [0.25, 0.3) is 5.91 Å². The Hall–Kier alpha value is -3.14. The van der Waals surface area contributed by atoms with Crippen molar-refractivity contribution in [3.05, 3.63) is 47.9 Å². The predicted octanol–water partition coefficient (Wildman–Crippen LogP) is 4.63. The SMILES string of the molecule is CN(C)c1cc2nn([C@H]3CC[C@](C)(O)CC3)cc2cc1NC(=O)c1cccc(C(F)(F)F)n1. The minimum atomic E-state index is -4.63. The van der Waals surface area contributed by atoms with E-state index < -0.39 is 23.4 Å². The Morgan fingerprint density at radius 1 is 1.24 bits per heavy atom. The van der Waals surface area contributed by atoms with E-state index in [1.165, 1.54) is 6.07 Å². The quantitative estimate of drug-likeness (QED) is 0.592. The minimum Gasteiger partial charge on any atom is -0.390 e. The number of rotatable bonds is 4. The highest BCUT2D eigenvalue weighted by Crippen LogP contribution is 2.36. The van der Waals surface area contributed by atoms with Crippen molar-refractivity contribution in [1.82, 2.24) is 14.8 Å². The molecule has 2 N–H and O–H groups in total. The van der Waals surface area contributed by atoms with Crippen LogP contribution in [0.3, 0.4) is 0 Å². The fourth-order valence-electron chi connectivity index (χ4n) is 4.13. The van der Waals surface area contributed by atoms with Gasteiger partial charge in [0.15, 0.2) is 0 Å². The lowest BCUT2D eigenvalue weighted by Crippen LogP contribution is -2.31. The standard InChI is InChI=1S/C23H26F3N5O2/c1-22(33)9-7-15(8-10-22)31-13-14-11-18(19(30(2)3)12-17(14)29-31)28-21(32)16-5-4-6-20(27-16)23(24,25)26/h4-6,11-13,15,33H,7-10H2,1-3H3,(H,28,32)/t15-,22-. The Kier molecular flexibility index (Phi) is 5.81. The number of hydrogen-bond acceptors (Lipinski definition) is 5. The Morgan fingerprint density at radius 3 is 2.58 bits per heavy atom. The van der Waals surface area contributed by atoms with Gasteiger partial charge in [-0.2, -0.15) is 18.3 Å². The van der Waals surface area contributed by atoms with Crippen LogP contribution in [0.4, 0.5) is 24.5 Å². The van der Waals surface area contributed by atoms with Crippen LogP contribution in [-0.2, 0) is 6.18 Å². The van der Waals surface area contributed by atoms with E-state index in [2.05, 4.69) is 10.3 Å². The summed E-state index contributed by atoms with van der Waals surface area (Å²) in [4.78, 5) is 18.0. The molecule has 0 spiro atoms. The van der Waals surface area contributed by atoms with Crippen LogP contribution in [-0.4, -0.2) is 45.5 Å². The lowest BCUT2D eigenvalue weighted by atomic mass is 9.84. The summed E-state index contributed by atoms with van der Waals surface area (Å²) in [5, 5.41) is 18.4. The van der Waals surface area contributed by atoms with E-state index in [0.717, 1.165) is 35.9 Å². The summed E-state index contributed by atoms with van der Waals surface area (Å²) >= 11 is 0. The largest absolute Gasteiger partial charge is 0.433 e. The summed E-state index contributed by atoms with van der Waals surface area (Å²) in [5.74, 6) is -0.731. The van der Waals surface area contributed by atoms with Crippen LogP contribution in [0.2, 0.25) is 0 Å². The molecule has 176 valence electrons. The normalized spacial score (nSPS) is 21.2. The number of alkyl halides is 3. The molecule has 2 aromatic heterocycles. The lowest BCUT2D eigenvalue weighted by Gasteiger charge is -2.33. The lowest BCUT2D eigenvalue weighted by molar-refractivity contribution is -0.141. The first kappa shape index (κ1) is 23.0. The number of anilines is 2.